The molecule has 2 heterocycles. The van der Waals surface area contributed by atoms with Crippen molar-refractivity contribution in [1.29, 1.82) is 0 Å². The van der Waals surface area contributed by atoms with E-state index >= 15 is 0 Å². The SMILES string of the molecule is CCOc1ccc(/C(O)=C2/C(=O)C(=O)N(C3CCCC3)C2c2cccnc2)cc1. The Bertz CT molecular complexity index is 931. The molecule has 2 fully saturated rings. The average Bonchev–Trinajstić information content (AvgIpc) is 3.36. The molecule has 1 atom stereocenters. The van der Waals surface area contributed by atoms with Crippen LogP contribution < -0.4 is 4.74 Å². The summed E-state index contributed by atoms with van der Waals surface area (Å²) in [7, 11) is 0. The van der Waals surface area contributed by atoms with E-state index < -0.39 is 17.7 Å². The van der Waals surface area contributed by atoms with E-state index in [-0.39, 0.29) is 17.4 Å². The van der Waals surface area contributed by atoms with Crippen molar-refractivity contribution in [1.82, 2.24) is 9.88 Å². The van der Waals surface area contributed by atoms with E-state index in [0.717, 1.165) is 31.2 Å². The van der Waals surface area contributed by atoms with E-state index in [1.54, 1.807) is 47.6 Å². The third kappa shape index (κ3) is 3.50. The fourth-order valence-electron chi connectivity index (χ4n) is 4.31. The lowest BCUT2D eigenvalue weighted by molar-refractivity contribution is -0.141. The molecule has 1 aliphatic heterocycles. The van der Waals surface area contributed by atoms with E-state index in [1.807, 2.05) is 13.0 Å². The molecule has 1 unspecified atom stereocenters. The third-order valence-corrected chi connectivity index (χ3v) is 5.64. The lowest BCUT2D eigenvalue weighted by Gasteiger charge is -2.30. The van der Waals surface area contributed by atoms with Gasteiger partial charge in [-0.3, -0.25) is 14.6 Å². The molecule has 0 radical (unpaired) electrons. The highest BCUT2D eigenvalue weighted by molar-refractivity contribution is 6.46. The smallest absolute Gasteiger partial charge is 0.295 e. The van der Waals surface area contributed by atoms with Crippen molar-refractivity contribution in [2.75, 3.05) is 6.61 Å². The summed E-state index contributed by atoms with van der Waals surface area (Å²) in [5.41, 5.74) is 1.33. The Balaban J connectivity index is 1.81. The Morgan fingerprint density at radius 2 is 1.90 bits per heavy atom. The predicted octanol–water partition coefficient (Wildman–Crippen LogP) is 3.84. The number of aliphatic hydroxyl groups is 1. The largest absolute Gasteiger partial charge is 0.507 e. The van der Waals surface area contributed by atoms with Gasteiger partial charge < -0.3 is 14.7 Å². The normalized spacial score (nSPS) is 21.7. The molecule has 1 aromatic heterocycles. The molecule has 0 spiro atoms. The monoisotopic (exact) mass is 392 g/mol. The molecular formula is C23H24N2O4. The number of hydrogen-bond donors (Lipinski definition) is 1. The lowest BCUT2D eigenvalue weighted by Crippen LogP contribution is -2.37. The summed E-state index contributed by atoms with van der Waals surface area (Å²) in [5.74, 6) is -0.671. The molecule has 2 aliphatic rings. The van der Waals surface area contributed by atoms with Gasteiger partial charge in [0.15, 0.2) is 0 Å². The van der Waals surface area contributed by atoms with Gasteiger partial charge in [-0.15, -0.1) is 0 Å². The van der Waals surface area contributed by atoms with Crippen molar-refractivity contribution in [3.05, 3.63) is 65.5 Å². The first kappa shape index (κ1) is 19.2. The van der Waals surface area contributed by atoms with E-state index in [1.165, 1.54) is 0 Å². The first-order valence-corrected chi connectivity index (χ1v) is 10.0. The van der Waals surface area contributed by atoms with E-state index in [2.05, 4.69) is 4.98 Å². The fraction of sp³-hybridized carbons (Fsp3) is 0.348. The van der Waals surface area contributed by atoms with Crippen LogP contribution in [-0.4, -0.2) is 39.3 Å². The minimum Gasteiger partial charge on any atom is -0.507 e. The van der Waals surface area contributed by atoms with Gasteiger partial charge in [-0.25, -0.2) is 0 Å². The summed E-state index contributed by atoms with van der Waals surface area (Å²) in [5, 5.41) is 11.0. The highest BCUT2D eigenvalue weighted by Gasteiger charge is 2.49. The molecule has 1 aromatic carbocycles. The number of Topliss-reactive ketones (excluding diaryl/α,β-unsaturated/α-hetero) is 1. The van der Waals surface area contributed by atoms with E-state index in [9.17, 15) is 14.7 Å². The molecule has 6 nitrogen and oxygen atoms in total. The Kier molecular flexibility index (Phi) is 5.34. The van der Waals surface area contributed by atoms with Crippen molar-refractivity contribution in [3.8, 4) is 5.75 Å². The molecule has 150 valence electrons. The zero-order valence-electron chi connectivity index (χ0n) is 16.4. The van der Waals surface area contributed by atoms with Crippen LogP contribution >= 0.6 is 0 Å². The number of benzene rings is 1. The van der Waals surface area contributed by atoms with Crippen LogP contribution in [0.15, 0.2) is 54.4 Å². The summed E-state index contributed by atoms with van der Waals surface area (Å²) < 4.78 is 5.44. The number of rotatable bonds is 5. The summed E-state index contributed by atoms with van der Waals surface area (Å²) in [6, 6.07) is 9.88. The zero-order valence-corrected chi connectivity index (χ0v) is 16.4. The van der Waals surface area contributed by atoms with Crippen molar-refractivity contribution in [2.24, 2.45) is 0 Å². The van der Waals surface area contributed by atoms with Gasteiger partial charge in [-0.2, -0.15) is 0 Å². The number of likely N-dealkylation sites (tertiary alicyclic amines) is 1. The number of amides is 1. The molecule has 2 aromatic rings. The van der Waals surface area contributed by atoms with Gasteiger partial charge in [0.05, 0.1) is 18.2 Å². The maximum Gasteiger partial charge on any atom is 0.295 e. The number of nitrogens with zero attached hydrogens (tertiary/aromatic N) is 2. The van der Waals surface area contributed by atoms with Gasteiger partial charge in [0, 0.05) is 24.0 Å². The van der Waals surface area contributed by atoms with Crippen LogP contribution in [0.4, 0.5) is 0 Å². The van der Waals surface area contributed by atoms with Crippen LogP contribution in [0.5, 0.6) is 5.75 Å². The van der Waals surface area contributed by atoms with Crippen LogP contribution in [0.3, 0.4) is 0 Å². The summed E-state index contributed by atoms with van der Waals surface area (Å²) in [6.07, 6.45) is 7.11. The standard InChI is InChI=1S/C23H24N2O4/c1-2-29-18-11-9-15(10-12-18)21(26)19-20(16-6-5-13-24-14-16)25(23(28)22(19)27)17-7-3-4-8-17/h5-6,9-14,17,20,26H,2-4,7-8H2,1H3/b21-19-. The van der Waals surface area contributed by atoms with Gasteiger partial charge in [0.1, 0.15) is 11.5 Å². The Morgan fingerprint density at radius 3 is 2.52 bits per heavy atom. The van der Waals surface area contributed by atoms with Crippen molar-refractivity contribution >= 4 is 17.4 Å². The summed E-state index contributed by atoms with van der Waals surface area (Å²) in [4.78, 5) is 31.8. The quantitative estimate of drug-likeness (QED) is 0.475. The van der Waals surface area contributed by atoms with Gasteiger partial charge in [0.25, 0.3) is 11.7 Å². The van der Waals surface area contributed by atoms with Crippen LogP contribution in [0, 0.1) is 0 Å². The predicted molar refractivity (Wildman–Crippen MR) is 108 cm³/mol. The molecular weight excluding hydrogens is 368 g/mol. The minimum absolute atomic E-state index is 0.00212. The molecule has 6 heteroatoms. The molecule has 1 N–H and O–H groups in total. The second kappa shape index (κ2) is 8.07. The highest BCUT2D eigenvalue weighted by atomic mass is 16.5. The van der Waals surface area contributed by atoms with Crippen molar-refractivity contribution in [3.63, 3.8) is 0 Å². The number of ether oxygens (including phenoxy) is 1. The average molecular weight is 392 g/mol. The van der Waals surface area contributed by atoms with Crippen LogP contribution in [-0.2, 0) is 9.59 Å². The second-order valence-electron chi connectivity index (χ2n) is 7.39. The summed E-state index contributed by atoms with van der Waals surface area (Å²) >= 11 is 0. The molecule has 0 bridgehead atoms. The minimum atomic E-state index is -0.642. The van der Waals surface area contributed by atoms with Gasteiger partial charge in [-0.1, -0.05) is 18.9 Å². The van der Waals surface area contributed by atoms with E-state index in [4.69, 9.17) is 4.74 Å². The number of aromatic nitrogens is 1. The number of carbonyl (C=O) groups excluding carboxylic acids is 2. The number of pyridine rings is 1. The van der Waals surface area contributed by atoms with Crippen LogP contribution in [0.25, 0.3) is 5.76 Å². The topological polar surface area (TPSA) is 79.7 Å². The van der Waals surface area contributed by atoms with Gasteiger partial charge in [-0.05, 0) is 55.7 Å². The Labute approximate surface area is 169 Å². The number of ketones is 1. The van der Waals surface area contributed by atoms with E-state index in [0.29, 0.717) is 17.9 Å². The molecule has 4 rings (SSSR count). The summed E-state index contributed by atoms with van der Waals surface area (Å²) in [6.45, 7) is 2.44. The molecule has 1 saturated heterocycles. The van der Waals surface area contributed by atoms with Gasteiger partial charge in [0.2, 0.25) is 0 Å². The van der Waals surface area contributed by atoms with Crippen molar-refractivity contribution in [2.45, 2.75) is 44.7 Å². The number of carbonyl (C=O) groups is 2. The third-order valence-electron chi connectivity index (χ3n) is 5.64. The number of aliphatic hydroxyl groups excluding tert-OH is 1. The first-order chi connectivity index (χ1) is 14.1. The first-order valence-electron chi connectivity index (χ1n) is 10.0. The van der Waals surface area contributed by atoms with Crippen LogP contribution in [0.2, 0.25) is 0 Å². The molecule has 1 amide bonds. The maximum atomic E-state index is 13.0. The second-order valence-corrected chi connectivity index (χ2v) is 7.39. The number of hydrogen-bond acceptors (Lipinski definition) is 5. The Hall–Kier alpha value is -3.15. The molecule has 29 heavy (non-hydrogen) atoms. The maximum absolute atomic E-state index is 13.0. The zero-order chi connectivity index (χ0) is 20.4. The fourth-order valence-corrected chi connectivity index (χ4v) is 4.31. The van der Waals surface area contributed by atoms with Crippen molar-refractivity contribution < 1.29 is 19.4 Å². The van der Waals surface area contributed by atoms with Gasteiger partial charge >= 0.3 is 0 Å². The molecule has 1 saturated carbocycles. The Morgan fingerprint density at radius 1 is 1.17 bits per heavy atom. The molecule has 1 aliphatic carbocycles. The lowest BCUT2D eigenvalue weighted by atomic mass is 9.95. The highest BCUT2D eigenvalue weighted by Crippen LogP contribution is 2.43. The van der Waals surface area contributed by atoms with Crippen LogP contribution in [0.1, 0.15) is 49.8 Å².